The van der Waals surface area contributed by atoms with Gasteiger partial charge in [0.25, 0.3) is 0 Å². The van der Waals surface area contributed by atoms with Gasteiger partial charge >= 0.3 is 0 Å². The first kappa shape index (κ1) is 31.0. The summed E-state index contributed by atoms with van der Waals surface area (Å²) in [5.74, 6) is 0. The second kappa shape index (κ2) is 12.0. The van der Waals surface area contributed by atoms with Crippen molar-refractivity contribution in [3.8, 4) is 67.0 Å². The molecule has 1 aliphatic heterocycles. The summed E-state index contributed by atoms with van der Waals surface area (Å²) in [5.41, 5.74) is 19.7. The van der Waals surface area contributed by atoms with Crippen molar-refractivity contribution >= 4 is 43.6 Å². The van der Waals surface area contributed by atoms with Crippen LogP contribution in [0.25, 0.3) is 111 Å². The highest BCUT2D eigenvalue weighted by molar-refractivity contribution is 6.17. The van der Waals surface area contributed by atoms with Crippen LogP contribution in [0.5, 0.6) is 0 Å². The molecule has 2 aromatic heterocycles. The van der Waals surface area contributed by atoms with Crippen molar-refractivity contribution in [2.24, 2.45) is 0 Å². The van der Waals surface area contributed by atoms with Gasteiger partial charge in [-0.1, -0.05) is 152 Å². The minimum absolute atomic E-state index is 1.15. The zero-order chi connectivity index (χ0) is 36.7. The van der Waals surface area contributed by atoms with E-state index in [4.69, 9.17) is 0 Å². The van der Waals surface area contributed by atoms with Crippen molar-refractivity contribution in [1.29, 1.82) is 0 Å². The molecule has 0 unspecified atom stereocenters. The third-order valence-corrected chi connectivity index (χ3v) is 11.9. The quantitative estimate of drug-likeness (QED) is 0.172. The largest absolute Gasteiger partial charge is 0.309 e. The van der Waals surface area contributed by atoms with Crippen molar-refractivity contribution < 1.29 is 0 Å². The van der Waals surface area contributed by atoms with Crippen LogP contribution in [0, 0.1) is 0 Å². The lowest BCUT2D eigenvalue weighted by Crippen LogP contribution is -1.95. The molecule has 260 valence electrons. The number of hydrogen-bond acceptors (Lipinski definition) is 0. The Balaban J connectivity index is 0.982. The molecule has 0 aliphatic carbocycles. The number of aromatic nitrogens is 2. The number of hydrogen-bond donors (Lipinski definition) is 0. The molecule has 0 saturated carbocycles. The van der Waals surface area contributed by atoms with E-state index >= 15 is 0 Å². The highest BCUT2D eigenvalue weighted by Gasteiger charge is 2.24. The van der Waals surface area contributed by atoms with Gasteiger partial charge in [-0.15, -0.1) is 0 Å². The summed E-state index contributed by atoms with van der Waals surface area (Å²) in [5, 5.41) is 5.05. The first-order valence-electron chi connectivity index (χ1n) is 19.3. The number of nitrogens with zero attached hydrogens (tertiary/aromatic N) is 2. The van der Waals surface area contributed by atoms with E-state index in [0.29, 0.717) is 0 Å². The molecule has 11 aromatic rings. The third kappa shape index (κ3) is 4.57. The fraction of sp³-hybridized carbons (Fsp3) is 0. The maximum Gasteiger partial charge on any atom is 0.0619 e. The van der Waals surface area contributed by atoms with Crippen molar-refractivity contribution in [3.63, 3.8) is 0 Å². The van der Waals surface area contributed by atoms with Crippen molar-refractivity contribution in [3.05, 3.63) is 206 Å². The van der Waals surface area contributed by atoms with Crippen molar-refractivity contribution in [1.82, 2.24) is 9.13 Å². The fourth-order valence-electron chi connectivity index (χ4n) is 9.31. The molecule has 0 radical (unpaired) electrons. The first-order valence-corrected chi connectivity index (χ1v) is 19.3. The number of benzene rings is 9. The average Bonchev–Trinajstić information content (AvgIpc) is 3.75. The standard InChI is InChI=1S/C54H34N2/c1-2-12-35(13-3-1)37-14-10-15-38(32-37)36-24-28-41(29-25-36)55-50-22-8-7-19-45(50)48-33-39(26-30-52(48)55)40-27-31-53-49(34-40)47-21-11-20-46-43-17-5-4-16-42(43)44-18-6-9-23-51(44)56(53)54(46)47/h1-34H. The summed E-state index contributed by atoms with van der Waals surface area (Å²) >= 11 is 0. The van der Waals surface area contributed by atoms with Crippen molar-refractivity contribution in [2.75, 3.05) is 0 Å². The van der Waals surface area contributed by atoms with Crippen LogP contribution in [0.4, 0.5) is 0 Å². The van der Waals surface area contributed by atoms with E-state index in [1.54, 1.807) is 0 Å². The maximum atomic E-state index is 2.49. The Labute approximate surface area is 324 Å². The van der Waals surface area contributed by atoms with E-state index in [0.717, 1.165) is 5.69 Å². The van der Waals surface area contributed by atoms with Gasteiger partial charge in [0.2, 0.25) is 0 Å². The Morgan fingerprint density at radius 1 is 0.250 bits per heavy atom. The van der Waals surface area contributed by atoms with Crippen LogP contribution >= 0.6 is 0 Å². The van der Waals surface area contributed by atoms with Crippen LogP contribution in [0.3, 0.4) is 0 Å². The molecule has 0 bridgehead atoms. The van der Waals surface area contributed by atoms with E-state index in [-0.39, 0.29) is 0 Å². The number of fused-ring (bicyclic) bond motifs is 11. The summed E-state index contributed by atoms with van der Waals surface area (Å²) in [7, 11) is 0. The van der Waals surface area contributed by atoms with Crippen LogP contribution in [-0.2, 0) is 0 Å². The molecule has 56 heavy (non-hydrogen) atoms. The second-order valence-electron chi connectivity index (χ2n) is 14.9. The summed E-state index contributed by atoms with van der Waals surface area (Å²) < 4.78 is 4.89. The van der Waals surface area contributed by atoms with Crippen LogP contribution in [0.2, 0.25) is 0 Å². The molecule has 12 rings (SSSR count). The molecular weight excluding hydrogens is 677 g/mol. The zero-order valence-electron chi connectivity index (χ0n) is 30.5. The zero-order valence-corrected chi connectivity index (χ0v) is 30.5. The van der Waals surface area contributed by atoms with E-state index < -0.39 is 0 Å². The lowest BCUT2D eigenvalue weighted by Gasteiger charge is -2.12. The van der Waals surface area contributed by atoms with Gasteiger partial charge in [-0.05, 0) is 99.1 Å². The minimum Gasteiger partial charge on any atom is -0.309 e. The van der Waals surface area contributed by atoms with Gasteiger partial charge in [0.05, 0.1) is 27.8 Å². The van der Waals surface area contributed by atoms with Crippen LogP contribution in [0.15, 0.2) is 206 Å². The summed E-state index contributed by atoms with van der Waals surface area (Å²) in [6, 6.07) is 75.7. The molecule has 0 spiro atoms. The second-order valence-corrected chi connectivity index (χ2v) is 14.9. The Kier molecular flexibility index (Phi) is 6.66. The molecule has 2 nitrogen and oxygen atoms in total. The van der Waals surface area contributed by atoms with Gasteiger partial charge in [0, 0.05) is 38.4 Å². The van der Waals surface area contributed by atoms with Gasteiger partial charge < -0.3 is 9.13 Å². The SMILES string of the molecule is c1ccc(-c2cccc(-c3ccc(-n4c5ccccc5c5cc(-c6ccc7c(c6)c6cccc8c6n7-c6ccccc6-c6ccccc6-8)ccc54)cc3)c2)cc1. The predicted octanol–water partition coefficient (Wildman–Crippen LogP) is 14.5. The van der Waals surface area contributed by atoms with Gasteiger partial charge in [-0.2, -0.15) is 0 Å². The normalized spacial score (nSPS) is 11.9. The molecule has 9 aromatic carbocycles. The number of rotatable bonds is 4. The number of para-hydroxylation sites is 3. The molecule has 0 atom stereocenters. The summed E-state index contributed by atoms with van der Waals surface area (Å²) in [6.45, 7) is 0. The van der Waals surface area contributed by atoms with E-state index in [2.05, 4.69) is 215 Å². The van der Waals surface area contributed by atoms with E-state index in [1.165, 1.54) is 105 Å². The minimum atomic E-state index is 1.15. The predicted molar refractivity (Wildman–Crippen MR) is 236 cm³/mol. The van der Waals surface area contributed by atoms with Gasteiger partial charge in [0.1, 0.15) is 0 Å². The monoisotopic (exact) mass is 710 g/mol. The molecule has 0 amide bonds. The van der Waals surface area contributed by atoms with Gasteiger partial charge in [-0.25, -0.2) is 0 Å². The van der Waals surface area contributed by atoms with E-state index in [9.17, 15) is 0 Å². The molecule has 0 N–H and O–H groups in total. The van der Waals surface area contributed by atoms with Gasteiger partial charge in [-0.3, -0.25) is 0 Å². The molecule has 3 heterocycles. The molecular formula is C54H34N2. The van der Waals surface area contributed by atoms with Crippen molar-refractivity contribution in [2.45, 2.75) is 0 Å². The molecule has 2 heteroatoms. The highest BCUT2D eigenvalue weighted by atomic mass is 15.0. The van der Waals surface area contributed by atoms with Crippen LogP contribution < -0.4 is 0 Å². The van der Waals surface area contributed by atoms with Crippen LogP contribution in [-0.4, -0.2) is 9.13 Å². The summed E-state index contributed by atoms with van der Waals surface area (Å²) in [6.07, 6.45) is 0. The molecule has 0 fully saturated rings. The molecule has 0 saturated heterocycles. The Bertz CT molecular complexity index is 3340. The molecule has 1 aliphatic rings. The lowest BCUT2D eigenvalue weighted by atomic mass is 9.93. The average molecular weight is 711 g/mol. The Morgan fingerprint density at radius 3 is 1.50 bits per heavy atom. The Morgan fingerprint density at radius 2 is 0.732 bits per heavy atom. The lowest BCUT2D eigenvalue weighted by molar-refractivity contribution is 1.18. The van der Waals surface area contributed by atoms with Gasteiger partial charge in [0.15, 0.2) is 0 Å². The van der Waals surface area contributed by atoms with E-state index in [1.807, 2.05) is 0 Å². The topological polar surface area (TPSA) is 9.86 Å². The Hall–Kier alpha value is -7.42. The first-order chi connectivity index (χ1) is 27.8. The highest BCUT2D eigenvalue weighted by Crippen LogP contribution is 2.47. The third-order valence-electron chi connectivity index (χ3n) is 11.9. The smallest absolute Gasteiger partial charge is 0.0619 e. The summed E-state index contributed by atoms with van der Waals surface area (Å²) in [4.78, 5) is 0. The maximum absolute atomic E-state index is 2.49. The van der Waals surface area contributed by atoms with Crippen LogP contribution in [0.1, 0.15) is 0 Å². The fourth-order valence-corrected chi connectivity index (χ4v) is 9.31.